The van der Waals surface area contributed by atoms with Crippen molar-refractivity contribution in [3.63, 3.8) is 0 Å². The Kier molecular flexibility index (Phi) is 4.76. The van der Waals surface area contributed by atoms with Gasteiger partial charge in [-0.05, 0) is 56.7 Å². The van der Waals surface area contributed by atoms with E-state index in [1.807, 2.05) is 18.2 Å². The first-order valence-electron chi connectivity index (χ1n) is 11.5. The van der Waals surface area contributed by atoms with E-state index >= 15 is 0 Å². The number of nitrogens with zero attached hydrogens (tertiary/aromatic N) is 2. The van der Waals surface area contributed by atoms with E-state index in [1.54, 1.807) is 26.8 Å². The van der Waals surface area contributed by atoms with E-state index in [9.17, 15) is 24.3 Å². The minimum atomic E-state index is -0.514. The maximum atomic E-state index is 13.3. The number of fused-ring (bicyclic) bond motifs is 4. The highest BCUT2D eigenvalue weighted by Gasteiger charge is 2.61. The SMILES string of the molecule is CCN1C(=O)C2CC=C3C(CC4C(=O)N(CC)C(=O)C4C3c3ccc(O)c(C)c3)C2C1=O. The molecule has 1 aromatic rings. The minimum Gasteiger partial charge on any atom is -0.508 e. The van der Waals surface area contributed by atoms with Crippen molar-refractivity contribution in [1.29, 1.82) is 0 Å². The van der Waals surface area contributed by atoms with Crippen molar-refractivity contribution in [3.05, 3.63) is 41.0 Å². The molecule has 1 saturated carbocycles. The van der Waals surface area contributed by atoms with Gasteiger partial charge in [-0.1, -0.05) is 23.8 Å². The number of phenols is 1. The Bertz CT molecular complexity index is 1080. The van der Waals surface area contributed by atoms with Crippen molar-refractivity contribution in [2.45, 2.75) is 39.5 Å². The second-order valence-corrected chi connectivity index (χ2v) is 9.41. The van der Waals surface area contributed by atoms with E-state index in [0.29, 0.717) is 31.5 Å². The lowest BCUT2D eigenvalue weighted by Gasteiger charge is -2.44. The van der Waals surface area contributed by atoms with E-state index in [1.165, 1.54) is 9.80 Å². The molecule has 0 radical (unpaired) electrons. The van der Waals surface area contributed by atoms with Crippen molar-refractivity contribution in [3.8, 4) is 5.75 Å². The van der Waals surface area contributed by atoms with Gasteiger partial charge in [0, 0.05) is 19.0 Å². The number of amides is 4. The third-order valence-electron chi connectivity index (χ3n) is 8.04. The molecular weight excluding hydrogens is 408 g/mol. The molecule has 4 aliphatic rings. The number of carbonyl (C=O) groups is 4. The first-order chi connectivity index (χ1) is 15.3. The largest absolute Gasteiger partial charge is 0.508 e. The highest BCUT2D eigenvalue weighted by atomic mass is 16.3. The maximum Gasteiger partial charge on any atom is 0.234 e. The van der Waals surface area contributed by atoms with Gasteiger partial charge in [0.1, 0.15) is 5.75 Å². The Hall–Kier alpha value is -2.96. The Balaban J connectivity index is 1.65. The molecule has 7 heteroatoms. The molecule has 6 atom stereocenters. The molecule has 0 spiro atoms. The van der Waals surface area contributed by atoms with Crippen LogP contribution in [0, 0.1) is 36.5 Å². The predicted octanol–water partition coefficient (Wildman–Crippen LogP) is 2.38. The second kappa shape index (κ2) is 7.29. The molecule has 32 heavy (non-hydrogen) atoms. The zero-order valence-electron chi connectivity index (χ0n) is 18.6. The Labute approximate surface area is 187 Å². The molecule has 1 aromatic carbocycles. The molecule has 0 aromatic heterocycles. The van der Waals surface area contributed by atoms with Crippen molar-refractivity contribution >= 4 is 23.6 Å². The first kappa shape index (κ1) is 20.9. The van der Waals surface area contributed by atoms with Gasteiger partial charge >= 0.3 is 0 Å². The van der Waals surface area contributed by atoms with Crippen LogP contribution in [0.5, 0.6) is 5.75 Å². The molecule has 7 nitrogen and oxygen atoms in total. The Morgan fingerprint density at radius 1 is 0.875 bits per heavy atom. The number of phenolic OH excluding ortho intramolecular Hbond substituents is 1. The van der Waals surface area contributed by atoms with Gasteiger partial charge in [-0.25, -0.2) is 0 Å². The monoisotopic (exact) mass is 436 g/mol. The van der Waals surface area contributed by atoms with Crippen molar-refractivity contribution in [1.82, 2.24) is 9.80 Å². The number of carbonyl (C=O) groups excluding carboxylic acids is 4. The highest BCUT2D eigenvalue weighted by Crippen LogP contribution is 2.57. The molecule has 2 aliphatic carbocycles. The molecular formula is C25H28N2O5. The van der Waals surface area contributed by atoms with Crippen LogP contribution in [-0.4, -0.2) is 51.6 Å². The highest BCUT2D eigenvalue weighted by molar-refractivity contribution is 6.07. The number of rotatable bonds is 3. The van der Waals surface area contributed by atoms with Crippen LogP contribution in [0.3, 0.4) is 0 Å². The number of aromatic hydroxyl groups is 1. The average molecular weight is 437 g/mol. The Morgan fingerprint density at radius 3 is 2.12 bits per heavy atom. The van der Waals surface area contributed by atoms with Gasteiger partial charge in [-0.15, -0.1) is 0 Å². The van der Waals surface area contributed by atoms with Crippen LogP contribution in [0.25, 0.3) is 0 Å². The zero-order chi connectivity index (χ0) is 22.9. The summed E-state index contributed by atoms with van der Waals surface area (Å²) in [6.07, 6.45) is 2.94. The first-order valence-corrected chi connectivity index (χ1v) is 11.5. The van der Waals surface area contributed by atoms with Crippen molar-refractivity contribution < 1.29 is 24.3 Å². The number of hydrogen-bond donors (Lipinski definition) is 1. The average Bonchev–Trinajstić information content (AvgIpc) is 3.17. The quantitative estimate of drug-likeness (QED) is 0.580. The molecule has 1 N–H and O–H groups in total. The van der Waals surface area contributed by atoms with Crippen molar-refractivity contribution in [2.24, 2.45) is 29.6 Å². The smallest absolute Gasteiger partial charge is 0.234 e. The fraction of sp³-hybridized carbons (Fsp3) is 0.520. The second-order valence-electron chi connectivity index (χ2n) is 9.41. The number of benzene rings is 1. The van der Waals surface area contributed by atoms with Crippen molar-refractivity contribution in [2.75, 3.05) is 13.1 Å². The summed E-state index contributed by atoms with van der Waals surface area (Å²) in [5, 5.41) is 10.0. The van der Waals surface area contributed by atoms with Gasteiger partial charge in [0.15, 0.2) is 0 Å². The van der Waals surface area contributed by atoms with Gasteiger partial charge in [-0.2, -0.15) is 0 Å². The summed E-state index contributed by atoms with van der Waals surface area (Å²) < 4.78 is 0. The molecule has 2 heterocycles. The number of likely N-dealkylation sites (tertiary alicyclic amines) is 2. The summed E-state index contributed by atoms with van der Waals surface area (Å²) in [5.41, 5.74) is 2.56. The fourth-order valence-corrected chi connectivity index (χ4v) is 6.59. The van der Waals surface area contributed by atoms with Gasteiger partial charge in [0.05, 0.1) is 23.7 Å². The topological polar surface area (TPSA) is 95.0 Å². The van der Waals surface area contributed by atoms with Crippen LogP contribution in [-0.2, 0) is 19.2 Å². The molecule has 2 saturated heterocycles. The van der Waals surface area contributed by atoms with Crippen LogP contribution in [0.2, 0.25) is 0 Å². The molecule has 4 amide bonds. The third-order valence-corrected chi connectivity index (χ3v) is 8.04. The fourth-order valence-electron chi connectivity index (χ4n) is 6.59. The summed E-state index contributed by atoms with van der Waals surface area (Å²) >= 11 is 0. The lowest BCUT2D eigenvalue weighted by atomic mass is 9.57. The number of aryl methyl sites for hydroxylation is 1. The third kappa shape index (κ3) is 2.66. The molecule has 6 unspecified atom stereocenters. The van der Waals surface area contributed by atoms with Gasteiger partial charge in [-0.3, -0.25) is 29.0 Å². The number of imide groups is 2. The summed E-state index contributed by atoms with van der Waals surface area (Å²) in [4.78, 5) is 55.3. The van der Waals surface area contributed by atoms with E-state index in [0.717, 1.165) is 11.1 Å². The summed E-state index contributed by atoms with van der Waals surface area (Å²) in [5.74, 6) is -2.89. The van der Waals surface area contributed by atoms with Crippen LogP contribution < -0.4 is 0 Å². The van der Waals surface area contributed by atoms with Crippen LogP contribution in [0.1, 0.15) is 43.7 Å². The maximum absolute atomic E-state index is 13.3. The lowest BCUT2D eigenvalue weighted by molar-refractivity contribution is -0.141. The standard InChI is InChI=1S/C25H28N2O5/c1-4-26-22(29)15-8-7-14-16(20(15)24(26)31)11-17-21(25(32)27(5-2)23(17)30)19(14)13-6-9-18(28)12(3)10-13/h6-7,9-10,15-17,19-21,28H,4-5,8,11H2,1-3H3. The van der Waals surface area contributed by atoms with E-state index < -0.39 is 17.8 Å². The molecule has 2 aliphatic heterocycles. The summed E-state index contributed by atoms with van der Waals surface area (Å²) in [6.45, 7) is 6.08. The van der Waals surface area contributed by atoms with Gasteiger partial charge < -0.3 is 5.11 Å². The van der Waals surface area contributed by atoms with E-state index in [4.69, 9.17) is 0 Å². The molecule has 3 fully saturated rings. The Morgan fingerprint density at radius 2 is 1.50 bits per heavy atom. The normalized spacial score (nSPS) is 33.9. The molecule has 168 valence electrons. The predicted molar refractivity (Wildman–Crippen MR) is 115 cm³/mol. The number of allylic oxidation sites excluding steroid dienone is 2. The van der Waals surface area contributed by atoms with Crippen LogP contribution in [0.15, 0.2) is 29.8 Å². The van der Waals surface area contributed by atoms with Crippen LogP contribution in [0.4, 0.5) is 0 Å². The number of hydrogen-bond acceptors (Lipinski definition) is 5. The van der Waals surface area contributed by atoms with Gasteiger partial charge in [0.25, 0.3) is 0 Å². The van der Waals surface area contributed by atoms with Crippen LogP contribution >= 0.6 is 0 Å². The molecule has 5 rings (SSSR count). The van der Waals surface area contributed by atoms with E-state index in [-0.39, 0.29) is 47.1 Å². The zero-order valence-corrected chi connectivity index (χ0v) is 18.6. The summed E-state index contributed by atoms with van der Waals surface area (Å²) in [7, 11) is 0. The molecule has 0 bridgehead atoms. The summed E-state index contributed by atoms with van der Waals surface area (Å²) in [6, 6.07) is 5.31. The van der Waals surface area contributed by atoms with E-state index in [2.05, 4.69) is 0 Å². The van der Waals surface area contributed by atoms with Gasteiger partial charge in [0.2, 0.25) is 23.6 Å². The minimum absolute atomic E-state index is 0.124. The lowest BCUT2D eigenvalue weighted by Crippen LogP contribution is -2.43.